The highest BCUT2D eigenvalue weighted by Crippen LogP contribution is 2.42. The number of thiophene rings is 1. The minimum Gasteiger partial charge on any atom is -0.456 e. The van der Waals surface area contributed by atoms with Crippen LogP contribution in [0, 0.1) is 0 Å². The second-order valence-electron chi connectivity index (χ2n) is 13.2. The molecule has 0 amide bonds. The predicted octanol–water partition coefficient (Wildman–Crippen LogP) is 13.1. The van der Waals surface area contributed by atoms with Gasteiger partial charge in [-0.25, -0.2) is 15.0 Å². The van der Waals surface area contributed by atoms with E-state index in [2.05, 4.69) is 146 Å². The third-order valence-corrected chi connectivity index (χ3v) is 11.2. The molecule has 0 atom stereocenters. The lowest BCUT2D eigenvalue weighted by Gasteiger charge is -2.13. The monoisotopic (exact) mass is 681 g/mol. The van der Waals surface area contributed by atoms with E-state index >= 15 is 0 Å². The molecule has 3 aromatic heterocycles. The molecule has 0 spiro atoms. The number of para-hydroxylation sites is 1. The summed E-state index contributed by atoms with van der Waals surface area (Å²) in [5.74, 6) is 1.90. The molecule has 0 aliphatic heterocycles. The first-order valence-corrected chi connectivity index (χ1v) is 18.2. The van der Waals surface area contributed by atoms with Gasteiger partial charge in [0.2, 0.25) is 0 Å². The van der Waals surface area contributed by atoms with Crippen molar-refractivity contribution in [3.63, 3.8) is 0 Å². The quantitative estimate of drug-likeness (QED) is 0.185. The molecule has 0 saturated heterocycles. The van der Waals surface area contributed by atoms with Crippen molar-refractivity contribution in [2.24, 2.45) is 0 Å². The van der Waals surface area contributed by atoms with E-state index in [-0.39, 0.29) is 0 Å². The Bertz CT molecular complexity index is 3210. The average Bonchev–Trinajstić information content (AvgIpc) is 3.78. The van der Waals surface area contributed by atoms with Crippen molar-refractivity contribution in [2.45, 2.75) is 0 Å². The highest BCUT2D eigenvalue weighted by Gasteiger charge is 2.19. The van der Waals surface area contributed by atoms with Gasteiger partial charge in [-0.15, -0.1) is 11.3 Å². The van der Waals surface area contributed by atoms with Gasteiger partial charge in [-0.1, -0.05) is 109 Å². The van der Waals surface area contributed by atoms with Crippen LogP contribution in [0.1, 0.15) is 0 Å². The van der Waals surface area contributed by atoms with Gasteiger partial charge >= 0.3 is 0 Å². The van der Waals surface area contributed by atoms with Gasteiger partial charge in [-0.05, 0) is 87.3 Å². The van der Waals surface area contributed by atoms with Crippen LogP contribution in [0.5, 0.6) is 0 Å². The normalized spacial score (nSPS) is 11.8. The molecular formula is C47H27N3OS. The first kappa shape index (κ1) is 29.1. The van der Waals surface area contributed by atoms with Gasteiger partial charge in [-0.2, -0.15) is 0 Å². The van der Waals surface area contributed by atoms with Crippen LogP contribution in [0.4, 0.5) is 0 Å². The van der Waals surface area contributed by atoms with E-state index in [9.17, 15) is 0 Å². The third-order valence-electron chi connectivity index (χ3n) is 10.1. The van der Waals surface area contributed by atoms with Crippen molar-refractivity contribution in [2.75, 3.05) is 0 Å². The molecule has 5 heteroatoms. The molecule has 52 heavy (non-hydrogen) atoms. The first-order chi connectivity index (χ1) is 25.7. The molecule has 242 valence electrons. The summed E-state index contributed by atoms with van der Waals surface area (Å²) >= 11 is 1.81. The zero-order valence-corrected chi connectivity index (χ0v) is 28.6. The molecule has 0 fully saturated rings. The highest BCUT2D eigenvalue weighted by atomic mass is 32.1. The Morgan fingerprint density at radius 3 is 1.85 bits per heavy atom. The summed E-state index contributed by atoms with van der Waals surface area (Å²) in [5, 5.41) is 9.24. The molecule has 4 nitrogen and oxygen atoms in total. The Balaban J connectivity index is 1.17. The predicted molar refractivity (Wildman–Crippen MR) is 217 cm³/mol. The van der Waals surface area contributed by atoms with Crippen LogP contribution in [0.3, 0.4) is 0 Å². The molecule has 11 rings (SSSR count). The Morgan fingerprint density at radius 2 is 0.981 bits per heavy atom. The van der Waals surface area contributed by atoms with Gasteiger partial charge in [0.05, 0.1) is 0 Å². The molecule has 0 unspecified atom stereocenters. The van der Waals surface area contributed by atoms with E-state index in [0.717, 1.165) is 65.9 Å². The van der Waals surface area contributed by atoms with Gasteiger partial charge in [0.15, 0.2) is 17.5 Å². The number of rotatable bonds is 4. The third kappa shape index (κ3) is 4.64. The molecule has 0 radical (unpaired) electrons. The van der Waals surface area contributed by atoms with Gasteiger partial charge in [0.1, 0.15) is 11.2 Å². The maximum atomic E-state index is 6.32. The van der Waals surface area contributed by atoms with E-state index in [1.54, 1.807) is 0 Å². The summed E-state index contributed by atoms with van der Waals surface area (Å²) in [4.78, 5) is 15.6. The number of benzene rings is 8. The lowest BCUT2D eigenvalue weighted by atomic mass is 9.92. The van der Waals surface area contributed by atoms with E-state index in [1.807, 2.05) is 29.5 Å². The average molecular weight is 682 g/mol. The fourth-order valence-corrected chi connectivity index (χ4v) is 8.70. The number of furan rings is 1. The Labute approximate surface area is 302 Å². The van der Waals surface area contributed by atoms with Crippen LogP contribution in [0.15, 0.2) is 168 Å². The van der Waals surface area contributed by atoms with Crippen LogP contribution in [0.2, 0.25) is 0 Å². The minimum absolute atomic E-state index is 0.625. The molecule has 8 aromatic carbocycles. The fraction of sp³-hybridized carbons (Fsp3) is 0. The summed E-state index contributed by atoms with van der Waals surface area (Å²) in [5.41, 5.74) is 6.78. The lowest BCUT2D eigenvalue weighted by molar-refractivity contribution is 0.669. The number of fused-ring (bicyclic) bond motifs is 8. The largest absolute Gasteiger partial charge is 0.456 e. The van der Waals surface area contributed by atoms with E-state index in [4.69, 9.17) is 19.4 Å². The number of hydrogen-bond donors (Lipinski definition) is 0. The van der Waals surface area contributed by atoms with Gasteiger partial charge in [-0.3, -0.25) is 0 Å². The van der Waals surface area contributed by atoms with Crippen molar-refractivity contribution >= 4 is 75.0 Å². The summed E-state index contributed by atoms with van der Waals surface area (Å²) < 4.78 is 8.84. The second kappa shape index (κ2) is 11.4. The molecule has 0 bridgehead atoms. The Hall–Kier alpha value is -6.69. The standard InChI is InChI=1S/C47H27N3OS/c1-2-11-29-24-31(21-20-28(29)10-1)45-48-46(32-22-23-43-39(26-32)35-14-6-8-19-42(35)52-43)50-47(49-45)33-25-30-12-3-4-13-34(30)38(27-33)36-16-9-18-41-44(36)37-15-5-7-17-40(37)51-41/h1-27H. The van der Waals surface area contributed by atoms with Crippen LogP contribution in [-0.4, -0.2) is 15.0 Å². The molecule has 0 N–H and O–H groups in total. The highest BCUT2D eigenvalue weighted by molar-refractivity contribution is 7.25. The molecule has 0 saturated carbocycles. The maximum Gasteiger partial charge on any atom is 0.164 e. The van der Waals surface area contributed by atoms with E-state index in [1.165, 1.54) is 25.6 Å². The SMILES string of the molecule is c1ccc2cc(-c3nc(-c4cc(-c5cccc6oc7ccccc7c56)c5ccccc5c4)nc(-c4ccc5sc6ccccc6c5c4)n3)ccc2c1. The first-order valence-electron chi connectivity index (χ1n) is 17.3. The van der Waals surface area contributed by atoms with Crippen molar-refractivity contribution in [3.05, 3.63) is 164 Å². The second-order valence-corrected chi connectivity index (χ2v) is 14.3. The van der Waals surface area contributed by atoms with Gasteiger partial charge < -0.3 is 4.42 Å². The zero-order valence-electron chi connectivity index (χ0n) is 27.7. The molecular weight excluding hydrogens is 655 g/mol. The molecule has 0 aliphatic rings. The van der Waals surface area contributed by atoms with Crippen molar-refractivity contribution in [1.29, 1.82) is 0 Å². The van der Waals surface area contributed by atoms with E-state index < -0.39 is 0 Å². The Morgan fingerprint density at radius 1 is 0.365 bits per heavy atom. The maximum absolute atomic E-state index is 6.32. The van der Waals surface area contributed by atoms with Crippen molar-refractivity contribution in [1.82, 2.24) is 15.0 Å². The minimum atomic E-state index is 0.625. The fourth-order valence-electron chi connectivity index (χ4n) is 7.62. The number of hydrogen-bond acceptors (Lipinski definition) is 5. The summed E-state index contributed by atoms with van der Waals surface area (Å²) in [7, 11) is 0. The smallest absolute Gasteiger partial charge is 0.164 e. The number of aromatic nitrogens is 3. The van der Waals surface area contributed by atoms with Crippen LogP contribution in [-0.2, 0) is 0 Å². The summed E-state index contributed by atoms with van der Waals surface area (Å²) in [6.45, 7) is 0. The van der Waals surface area contributed by atoms with Crippen LogP contribution >= 0.6 is 11.3 Å². The summed E-state index contributed by atoms with van der Waals surface area (Å²) in [6, 6.07) is 57.5. The molecule has 3 heterocycles. The van der Waals surface area contributed by atoms with Gasteiger partial charge in [0, 0.05) is 47.6 Å². The van der Waals surface area contributed by atoms with Gasteiger partial charge in [0.25, 0.3) is 0 Å². The summed E-state index contributed by atoms with van der Waals surface area (Å²) in [6.07, 6.45) is 0. The Kier molecular flexibility index (Phi) is 6.39. The molecule has 11 aromatic rings. The lowest BCUT2D eigenvalue weighted by Crippen LogP contribution is -2.00. The van der Waals surface area contributed by atoms with Crippen LogP contribution in [0.25, 0.3) is 109 Å². The van der Waals surface area contributed by atoms with Crippen LogP contribution < -0.4 is 0 Å². The molecule has 0 aliphatic carbocycles. The van der Waals surface area contributed by atoms with E-state index in [0.29, 0.717) is 17.5 Å². The number of nitrogens with zero attached hydrogens (tertiary/aromatic N) is 3. The topological polar surface area (TPSA) is 51.8 Å². The van der Waals surface area contributed by atoms with Crippen molar-refractivity contribution < 1.29 is 4.42 Å². The van der Waals surface area contributed by atoms with Crippen molar-refractivity contribution in [3.8, 4) is 45.3 Å². The zero-order chi connectivity index (χ0) is 34.2.